The molecule has 0 spiro atoms. The number of hydrogen-bond donors (Lipinski definition) is 3. The molecular formula is C21H24ClN3O4. The van der Waals surface area contributed by atoms with Crippen LogP contribution in [0.3, 0.4) is 0 Å². The van der Waals surface area contributed by atoms with Crippen LogP contribution < -0.4 is 20.9 Å². The second kappa shape index (κ2) is 10.5. The Morgan fingerprint density at radius 3 is 2.17 bits per heavy atom. The van der Waals surface area contributed by atoms with Crippen molar-refractivity contribution in [3.05, 3.63) is 58.1 Å². The number of nitrogens with one attached hydrogen (secondary N) is 3. The van der Waals surface area contributed by atoms with Gasteiger partial charge in [0.25, 0.3) is 11.8 Å². The van der Waals surface area contributed by atoms with E-state index in [0.29, 0.717) is 28.4 Å². The monoisotopic (exact) mass is 417 g/mol. The zero-order chi connectivity index (χ0) is 21.4. The standard InChI is InChI=1S/C21H24ClN3O4/c1-4-5-18(26)23-16-8-6-15(7-9-16)21(28)25-24-19(27)12-29-17-10-13(2)20(22)14(3)11-17/h6-11H,4-5,12H2,1-3H3,(H,23,26)(H,24,27)(H,25,28). The zero-order valence-electron chi connectivity index (χ0n) is 16.6. The fourth-order valence-corrected chi connectivity index (χ4v) is 2.64. The molecule has 2 aromatic carbocycles. The van der Waals surface area contributed by atoms with Crippen LogP contribution in [-0.4, -0.2) is 24.3 Å². The van der Waals surface area contributed by atoms with Crippen molar-refractivity contribution in [2.75, 3.05) is 11.9 Å². The highest BCUT2D eigenvalue weighted by atomic mass is 35.5. The van der Waals surface area contributed by atoms with Crippen molar-refractivity contribution in [3.8, 4) is 5.75 Å². The third-order valence-electron chi connectivity index (χ3n) is 4.00. The van der Waals surface area contributed by atoms with E-state index >= 15 is 0 Å². The van der Waals surface area contributed by atoms with Gasteiger partial charge in [-0.1, -0.05) is 18.5 Å². The Bertz CT molecular complexity index is 874. The first-order valence-corrected chi connectivity index (χ1v) is 9.56. The van der Waals surface area contributed by atoms with Gasteiger partial charge < -0.3 is 10.1 Å². The quantitative estimate of drug-likeness (QED) is 0.600. The van der Waals surface area contributed by atoms with Crippen molar-refractivity contribution in [3.63, 3.8) is 0 Å². The molecule has 0 aliphatic heterocycles. The molecule has 154 valence electrons. The number of ether oxygens (including phenoxy) is 1. The van der Waals surface area contributed by atoms with E-state index in [0.717, 1.165) is 17.5 Å². The van der Waals surface area contributed by atoms with Gasteiger partial charge in [0.05, 0.1) is 0 Å². The lowest BCUT2D eigenvalue weighted by molar-refractivity contribution is -0.123. The summed E-state index contributed by atoms with van der Waals surface area (Å²) in [5.41, 5.74) is 7.26. The van der Waals surface area contributed by atoms with Gasteiger partial charge in [-0.3, -0.25) is 25.2 Å². The molecule has 29 heavy (non-hydrogen) atoms. The second-order valence-corrected chi connectivity index (χ2v) is 6.92. The lowest BCUT2D eigenvalue weighted by atomic mass is 10.1. The predicted octanol–water partition coefficient (Wildman–Crippen LogP) is 3.54. The SMILES string of the molecule is CCCC(=O)Nc1ccc(C(=O)NNC(=O)COc2cc(C)c(Cl)c(C)c2)cc1. The molecule has 0 fully saturated rings. The number of carbonyl (C=O) groups is 3. The normalized spacial score (nSPS) is 10.2. The van der Waals surface area contributed by atoms with Crippen LogP contribution in [0.25, 0.3) is 0 Å². The molecule has 0 bridgehead atoms. The highest BCUT2D eigenvalue weighted by Crippen LogP contribution is 2.25. The van der Waals surface area contributed by atoms with E-state index < -0.39 is 11.8 Å². The van der Waals surface area contributed by atoms with Crippen molar-refractivity contribution in [2.45, 2.75) is 33.6 Å². The maximum absolute atomic E-state index is 12.1. The summed E-state index contributed by atoms with van der Waals surface area (Å²) in [4.78, 5) is 35.6. The molecule has 0 atom stereocenters. The number of aryl methyl sites for hydroxylation is 2. The van der Waals surface area contributed by atoms with Gasteiger partial charge in [0.1, 0.15) is 5.75 Å². The van der Waals surface area contributed by atoms with Crippen LogP contribution in [0.2, 0.25) is 5.02 Å². The summed E-state index contributed by atoms with van der Waals surface area (Å²) in [5.74, 6) is -0.551. The topological polar surface area (TPSA) is 96.5 Å². The van der Waals surface area contributed by atoms with Gasteiger partial charge in [-0.25, -0.2) is 0 Å². The molecule has 2 aromatic rings. The van der Waals surface area contributed by atoms with Crippen molar-refractivity contribution < 1.29 is 19.1 Å². The molecule has 2 rings (SSSR count). The van der Waals surface area contributed by atoms with Crippen LogP contribution in [0.4, 0.5) is 5.69 Å². The molecule has 0 heterocycles. The lowest BCUT2D eigenvalue weighted by Crippen LogP contribution is -2.43. The Balaban J connectivity index is 1.81. The summed E-state index contributed by atoms with van der Waals surface area (Å²) in [6.07, 6.45) is 1.19. The predicted molar refractivity (Wildman–Crippen MR) is 112 cm³/mol. The molecule has 3 amide bonds. The van der Waals surface area contributed by atoms with Gasteiger partial charge in [-0.2, -0.15) is 0 Å². The number of benzene rings is 2. The molecule has 0 aliphatic rings. The van der Waals surface area contributed by atoms with E-state index in [1.807, 2.05) is 20.8 Å². The van der Waals surface area contributed by atoms with Crippen molar-refractivity contribution in [1.82, 2.24) is 10.9 Å². The highest BCUT2D eigenvalue weighted by molar-refractivity contribution is 6.32. The fraction of sp³-hybridized carbons (Fsp3) is 0.286. The summed E-state index contributed by atoms with van der Waals surface area (Å²) in [6.45, 7) is 5.36. The first-order valence-electron chi connectivity index (χ1n) is 9.18. The number of halogens is 1. The molecule has 0 aromatic heterocycles. The zero-order valence-corrected chi connectivity index (χ0v) is 17.4. The first kappa shape index (κ1) is 22.2. The van der Waals surface area contributed by atoms with Gasteiger partial charge in [-0.15, -0.1) is 0 Å². The van der Waals surface area contributed by atoms with Gasteiger partial charge in [0, 0.05) is 22.7 Å². The molecule has 0 unspecified atom stereocenters. The van der Waals surface area contributed by atoms with E-state index in [9.17, 15) is 14.4 Å². The summed E-state index contributed by atoms with van der Waals surface area (Å²) in [5, 5.41) is 3.40. The Morgan fingerprint density at radius 1 is 0.966 bits per heavy atom. The second-order valence-electron chi connectivity index (χ2n) is 6.54. The summed E-state index contributed by atoms with van der Waals surface area (Å²) in [6, 6.07) is 9.83. The van der Waals surface area contributed by atoms with E-state index in [-0.39, 0.29) is 12.5 Å². The average molecular weight is 418 g/mol. The summed E-state index contributed by atoms with van der Waals surface area (Å²) >= 11 is 6.10. The minimum atomic E-state index is -0.507. The number of carbonyl (C=O) groups excluding carboxylic acids is 3. The Hall–Kier alpha value is -3.06. The van der Waals surface area contributed by atoms with Gasteiger partial charge in [-0.05, 0) is 67.8 Å². The van der Waals surface area contributed by atoms with Crippen molar-refractivity contribution in [2.24, 2.45) is 0 Å². The van der Waals surface area contributed by atoms with Gasteiger partial charge in [0.2, 0.25) is 5.91 Å². The molecule has 0 saturated carbocycles. The number of hydrazine groups is 1. The van der Waals surface area contributed by atoms with Gasteiger partial charge >= 0.3 is 0 Å². The molecule has 0 aliphatic carbocycles. The maximum atomic E-state index is 12.1. The van der Waals surface area contributed by atoms with E-state index in [1.165, 1.54) is 0 Å². The largest absolute Gasteiger partial charge is 0.484 e. The number of rotatable bonds is 7. The number of anilines is 1. The minimum Gasteiger partial charge on any atom is -0.484 e. The number of hydrogen-bond acceptors (Lipinski definition) is 4. The Morgan fingerprint density at radius 2 is 1.59 bits per heavy atom. The first-order chi connectivity index (χ1) is 13.8. The summed E-state index contributed by atoms with van der Waals surface area (Å²) < 4.78 is 5.43. The van der Waals surface area contributed by atoms with Crippen LogP contribution in [0.1, 0.15) is 41.3 Å². The molecule has 3 N–H and O–H groups in total. The summed E-state index contributed by atoms with van der Waals surface area (Å²) in [7, 11) is 0. The molecule has 7 nitrogen and oxygen atoms in total. The van der Waals surface area contributed by atoms with Crippen LogP contribution in [0, 0.1) is 13.8 Å². The maximum Gasteiger partial charge on any atom is 0.276 e. The third-order valence-corrected chi connectivity index (χ3v) is 4.60. The third kappa shape index (κ3) is 6.80. The van der Waals surface area contributed by atoms with Crippen LogP contribution in [0.5, 0.6) is 5.75 Å². The van der Waals surface area contributed by atoms with E-state index in [2.05, 4.69) is 16.2 Å². The van der Waals surface area contributed by atoms with Crippen molar-refractivity contribution >= 4 is 35.0 Å². The van der Waals surface area contributed by atoms with Crippen LogP contribution in [0.15, 0.2) is 36.4 Å². The van der Waals surface area contributed by atoms with Gasteiger partial charge in [0.15, 0.2) is 6.61 Å². The Kier molecular flexibility index (Phi) is 8.03. The minimum absolute atomic E-state index is 0.0805. The molecular weight excluding hydrogens is 394 g/mol. The lowest BCUT2D eigenvalue weighted by Gasteiger charge is -2.11. The average Bonchev–Trinajstić information content (AvgIpc) is 2.69. The fourth-order valence-electron chi connectivity index (χ4n) is 2.53. The van der Waals surface area contributed by atoms with Crippen LogP contribution in [-0.2, 0) is 9.59 Å². The van der Waals surface area contributed by atoms with E-state index in [4.69, 9.17) is 16.3 Å². The van der Waals surface area contributed by atoms with Crippen LogP contribution >= 0.6 is 11.6 Å². The van der Waals surface area contributed by atoms with Crippen molar-refractivity contribution in [1.29, 1.82) is 0 Å². The molecule has 0 saturated heterocycles. The number of amides is 3. The molecule has 0 radical (unpaired) electrons. The molecule has 8 heteroatoms. The highest BCUT2D eigenvalue weighted by Gasteiger charge is 2.10. The van der Waals surface area contributed by atoms with E-state index in [1.54, 1.807) is 36.4 Å². The Labute approximate surface area is 174 Å². The smallest absolute Gasteiger partial charge is 0.276 e.